The lowest BCUT2D eigenvalue weighted by atomic mass is 10.3. The van der Waals surface area contributed by atoms with Gasteiger partial charge in [-0.1, -0.05) is 0 Å². The fourth-order valence-electron chi connectivity index (χ4n) is 1.60. The molecule has 0 aromatic rings. The molecule has 0 amide bonds. The van der Waals surface area contributed by atoms with Gasteiger partial charge in [0.15, 0.2) is 0 Å². The first-order chi connectivity index (χ1) is 6.18. The van der Waals surface area contributed by atoms with Crippen molar-refractivity contribution in [2.24, 2.45) is 0 Å². The number of halogens is 1. The van der Waals surface area contributed by atoms with Gasteiger partial charge in [0.25, 0.3) is 0 Å². The molecule has 3 heteroatoms. The Labute approximate surface area is 80.1 Å². The molecule has 0 radical (unpaired) electrons. The maximum absolute atomic E-state index is 12.7. The first kappa shape index (κ1) is 10.9. The summed E-state index contributed by atoms with van der Waals surface area (Å²) in [5.41, 5.74) is 0. The van der Waals surface area contributed by atoms with Crippen molar-refractivity contribution in [2.45, 2.75) is 39.0 Å². The van der Waals surface area contributed by atoms with Gasteiger partial charge >= 0.3 is 0 Å². The largest absolute Gasteiger partial charge is 0.379 e. The zero-order valence-electron chi connectivity index (χ0n) is 8.63. The highest BCUT2D eigenvalue weighted by atomic mass is 19.1. The van der Waals surface area contributed by atoms with Crippen LogP contribution in [0.15, 0.2) is 0 Å². The quantitative estimate of drug-likeness (QED) is 0.612. The fraction of sp³-hybridized carbons (Fsp3) is 1.00. The van der Waals surface area contributed by atoms with Crippen LogP contribution in [0.3, 0.4) is 0 Å². The van der Waals surface area contributed by atoms with Crippen LogP contribution >= 0.6 is 0 Å². The molecule has 0 saturated carbocycles. The van der Waals surface area contributed by atoms with E-state index in [-0.39, 0.29) is 0 Å². The number of hydrogen-bond acceptors (Lipinski definition) is 2. The summed E-state index contributed by atoms with van der Waals surface area (Å²) in [6.45, 7) is 7.39. The Hall–Kier alpha value is -0.150. The summed E-state index contributed by atoms with van der Waals surface area (Å²) in [5.74, 6) is 0. The first-order valence-electron chi connectivity index (χ1n) is 5.16. The Kier molecular flexibility index (Phi) is 4.67. The molecule has 1 aliphatic rings. The minimum Gasteiger partial charge on any atom is -0.379 e. The molecule has 1 saturated heterocycles. The Morgan fingerprint density at radius 1 is 1.54 bits per heavy atom. The molecule has 0 spiro atoms. The Balaban J connectivity index is 1.94. The van der Waals surface area contributed by atoms with Gasteiger partial charge < -0.3 is 9.64 Å². The van der Waals surface area contributed by atoms with E-state index in [1.807, 2.05) is 13.8 Å². The second kappa shape index (κ2) is 5.55. The zero-order valence-corrected chi connectivity index (χ0v) is 8.63. The standard InChI is InChI=1S/C10H20FNO/c1-9(2)13-7-3-5-12-6-4-10(11)8-12/h9-10H,3-8H2,1-2H3. The van der Waals surface area contributed by atoms with Crippen molar-refractivity contribution in [1.29, 1.82) is 0 Å². The van der Waals surface area contributed by atoms with Gasteiger partial charge in [0.2, 0.25) is 0 Å². The van der Waals surface area contributed by atoms with E-state index in [0.717, 1.165) is 26.1 Å². The molecule has 0 aliphatic carbocycles. The van der Waals surface area contributed by atoms with Crippen molar-refractivity contribution in [3.8, 4) is 0 Å². The van der Waals surface area contributed by atoms with Crippen LogP contribution < -0.4 is 0 Å². The van der Waals surface area contributed by atoms with Crippen molar-refractivity contribution < 1.29 is 9.13 Å². The number of ether oxygens (including phenoxy) is 1. The predicted molar refractivity (Wildman–Crippen MR) is 51.7 cm³/mol. The van der Waals surface area contributed by atoms with Gasteiger partial charge in [-0.25, -0.2) is 4.39 Å². The minimum atomic E-state index is -0.592. The molecule has 1 aliphatic heterocycles. The van der Waals surface area contributed by atoms with Crippen LogP contribution in [0, 0.1) is 0 Å². The molecule has 1 rings (SSSR count). The predicted octanol–water partition coefficient (Wildman–Crippen LogP) is 1.85. The van der Waals surface area contributed by atoms with Gasteiger partial charge in [-0.2, -0.15) is 0 Å². The zero-order chi connectivity index (χ0) is 9.68. The molecule has 1 atom stereocenters. The molecule has 0 aromatic carbocycles. The maximum atomic E-state index is 12.7. The van der Waals surface area contributed by atoms with Gasteiger partial charge in [-0.15, -0.1) is 0 Å². The lowest BCUT2D eigenvalue weighted by Crippen LogP contribution is -2.23. The number of likely N-dealkylation sites (tertiary alicyclic amines) is 1. The average Bonchev–Trinajstić information content (AvgIpc) is 2.45. The van der Waals surface area contributed by atoms with Crippen molar-refractivity contribution in [1.82, 2.24) is 4.90 Å². The SMILES string of the molecule is CC(C)OCCCN1CCC(F)C1. The highest BCUT2D eigenvalue weighted by Crippen LogP contribution is 2.12. The van der Waals surface area contributed by atoms with E-state index in [4.69, 9.17) is 4.74 Å². The van der Waals surface area contributed by atoms with E-state index in [9.17, 15) is 4.39 Å². The van der Waals surface area contributed by atoms with E-state index in [2.05, 4.69) is 4.90 Å². The van der Waals surface area contributed by atoms with Crippen molar-refractivity contribution in [3.05, 3.63) is 0 Å². The Morgan fingerprint density at radius 3 is 2.85 bits per heavy atom. The smallest absolute Gasteiger partial charge is 0.114 e. The van der Waals surface area contributed by atoms with Crippen LogP contribution in [0.25, 0.3) is 0 Å². The summed E-state index contributed by atoms with van der Waals surface area (Å²) in [6, 6.07) is 0. The van der Waals surface area contributed by atoms with E-state index in [1.54, 1.807) is 0 Å². The summed E-state index contributed by atoms with van der Waals surface area (Å²) in [4.78, 5) is 2.17. The highest BCUT2D eigenvalue weighted by Gasteiger charge is 2.20. The van der Waals surface area contributed by atoms with Crippen molar-refractivity contribution >= 4 is 0 Å². The molecule has 13 heavy (non-hydrogen) atoms. The van der Waals surface area contributed by atoms with Crippen LogP contribution in [-0.2, 0) is 4.74 Å². The molecule has 0 aromatic heterocycles. The molecule has 1 heterocycles. The normalized spacial score (nSPS) is 24.5. The monoisotopic (exact) mass is 189 g/mol. The lowest BCUT2D eigenvalue weighted by molar-refractivity contribution is 0.0716. The number of hydrogen-bond donors (Lipinski definition) is 0. The highest BCUT2D eigenvalue weighted by molar-refractivity contribution is 4.74. The van der Waals surface area contributed by atoms with Crippen molar-refractivity contribution in [2.75, 3.05) is 26.2 Å². The molecular weight excluding hydrogens is 169 g/mol. The van der Waals surface area contributed by atoms with Crippen LogP contribution in [0.4, 0.5) is 4.39 Å². The third-order valence-corrected chi connectivity index (χ3v) is 2.28. The minimum absolute atomic E-state index is 0.313. The first-order valence-corrected chi connectivity index (χ1v) is 5.16. The molecule has 78 valence electrons. The topological polar surface area (TPSA) is 12.5 Å². The number of alkyl halides is 1. The average molecular weight is 189 g/mol. The van der Waals surface area contributed by atoms with Crippen LogP contribution in [0.2, 0.25) is 0 Å². The van der Waals surface area contributed by atoms with Gasteiger partial charge in [-0.05, 0) is 26.7 Å². The summed E-state index contributed by atoms with van der Waals surface area (Å²) in [5, 5.41) is 0. The second-order valence-corrected chi connectivity index (χ2v) is 3.96. The van der Waals surface area contributed by atoms with Gasteiger partial charge in [0, 0.05) is 26.2 Å². The number of rotatable bonds is 5. The van der Waals surface area contributed by atoms with E-state index in [1.165, 1.54) is 0 Å². The molecular formula is C10H20FNO. The molecule has 1 unspecified atom stereocenters. The van der Waals surface area contributed by atoms with Gasteiger partial charge in [0.05, 0.1) is 6.10 Å². The van der Waals surface area contributed by atoms with Gasteiger partial charge in [-0.3, -0.25) is 0 Å². The van der Waals surface area contributed by atoms with E-state index in [0.29, 0.717) is 19.1 Å². The molecule has 0 N–H and O–H groups in total. The van der Waals surface area contributed by atoms with Crippen LogP contribution in [0.1, 0.15) is 26.7 Å². The maximum Gasteiger partial charge on any atom is 0.114 e. The molecule has 1 fully saturated rings. The Bertz CT molecular complexity index is 141. The molecule has 0 bridgehead atoms. The summed E-state index contributed by atoms with van der Waals surface area (Å²) in [7, 11) is 0. The van der Waals surface area contributed by atoms with E-state index < -0.39 is 6.17 Å². The summed E-state index contributed by atoms with van der Waals surface area (Å²) >= 11 is 0. The summed E-state index contributed by atoms with van der Waals surface area (Å²) < 4.78 is 18.1. The second-order valence-electron chi connectivity index (χ2n) is 3.96. The number of nitrogens with zero attached hydrogens (tertiary/aromatic N) is 1. The lowest BCUT2D eigenvalue weighted by Gasteiger charge is -2.14. The fourth-order valence-corrected chi connectivity index (χ4v) is 1.60. The summed E-state index contributed by atoms with van der Waals surface area (Å²) in [6.07, 6.45) is 1.45. The third kappa shape index (κ3) is 4.58. The third-order valence-electron chi connectivity index (χ3n) is 2.28. The van der Waals surface area contributed by atoms with Crippen LogP contribution in [0.5, 0.6) is 0 Å². The van der Waals surface area contributed by atoms with E-state index >= 15 is 0 Å². The van der Waals surface area contributed by atoms with Gasteiger partial charge in [0.1, 0.15) is 6.17 Å². The van der Waals surface area contributed by atoms with Crippen LogP contribution in [-0.4, -0.2) is 43.4 Å². The Morgan fingerprint density at radius 2 is 2.31 bits per heavy atom. The molecule has 2 nitrogen and oxygen atoms in total. The van der Waals surface area contributed by atoms with Crippen molar-refractivity contribution in [3.63, 3.8) is 0 Å².